The van der Waals surface area contributed by atoms with Gasteiger partial charge in [0.05, 0.1) is 29.2 Å². The Morgan fingerprint density at radius 2 is 1.82 bits per heavy atom. The Bertz CT molecular complexity index is 950. The largest absolute Gasteiger partial charge is 0.345 e. The highest BCUT2D eigenvalue weighted by Crippen LogP contribution is 2.22. The van der Waals surface area contributed by atoms with Crippen molar-refractivity contribution < 1.29 is 9.59 Å². The van der Waals surface area contributed by atoms with Crippen molar-refractivity contribution in [1.29, 1.82) is 0 Å². The zero-order valence-electron chi connectivity index (χ0n) is 15.8. The lowest BCUT2D eigenvalue weighted by atomic mass is 10.0. The maximum atomic E-state index is 12.5. The van der Waals surface area contributed by atoms with E-state index in [4.69, 9.17) is 0 Å². The van der Waals surface area contributed by atoms with Gasteiger partial charge in [-0.15, -0.1) is 0 Å². The molecule has 1 heterocycles. The van der Waals surface area contributed by atoms with Crippen LogP contribution in [0.2, 0.25) is 0 Å². The molecule has 1 aromatic heterocycles. The molecule has 146 valence electrons. The number of nitrogens with one attached hydrogen (secondary N) is 3. The molecule has 0 bridgehead atoms. The number of rotatable bonds is 7. The summed E-state index contributed by atoms with van der Waals surface area (Å²) in [6.07, 6.45) is 0.740. The number of para-hydroxylation sites is 2. The van der Waals surface area contributed by atoms with Crippen LogP contribution in [0.15, 0.2) is 53.0 Å². The molecule has 0 aliphatic rings. The van der Waals surface area contributed by atoms with Gasteiger partial charge in [0.25, 0.3) is 5.91 Å². The number of hydrogen-bond acceptors (Lipinski definition) is 3. The Balaban J connectivity index is 1.66. The quantitative estimate of drug-likeness (QED) is 0.517. The van der Waals surface area contributed by atoms with Gasteiger partial charge < -0.3 is 15.6 Å². The highest BCUT2D eigenvalue weighted by atomic mass is 79.9. The second kappa shape index (κ2) is 9.01. The molecule has 0 saturated carbocycles. The molecule has 0 radical (unpaired) electrons. The molecule has 3 rings (SSSR count). The number of imidazole rings is 1. The molecule has 2 aromatic carbocycles. The van der Waals surface area contributed by atoms with Gasteiger partial charge in [-0.1, -0.05) is 38.1 Å². The number of aromatic nitrogens is 2. The van der Waals surface area contributed by atoms with Gasteiger partial charge >= 0.3 is 0 Å². The summed E-state index contributed by atoms with van der Waals surface area (Å²) in [4.78, 5) is 32.6. The van der Waals surface area contributed by atoms with Crippen LogP contribution in [0.1, 0.15) is 42.5 Å². The van der Waals surface area contributed by atoms with Gasteiger partial charge in [-0.25, -0.2) is 4.98 Å². The standard InChI is InChI=1S/C21H23BrN4O2/c1-13(2)11-18(20-25-16-9-5-6-10-17(16)26-20)24-19(27)12-23-21(28)14-7-3-4-8-15(14)22/h3-10,13,18H,11-12H2,1-2H3,(H,23,28)(H,24,27)(H,25,26). The van der Waals surface area contributed by atoms with Crippen molar-refractivity contribution in [3.05, 3.63) is 64.4 Å². The Kier molecular flexibility index (Phi) is 6.46. The first-order chi connectivity index (χ1) is 13.4. The fraction of sp³-hybridized carbons (Fsp3) is 0.286. The Morgan fingerprint density at radius 3 is 2.54 bits per heavy atom. The fourth-order valence-electron chi connectivity index (χ4n) is 2.99. The van der Waals surface area contributed by atoms with Crippen molar-refractivity contribution in [3.63, 3.8) is 0 Å². The van der Waals surface area contributed by atoms with Crippen LogP contribution in [0.5, 0.6) is 0 Å². The molecular formula is C21H23BrN4O2. The average Bonchev–Trinajstić information content (AvgIpc) is 3.10. The smallest absolute Gasteiger partial charge is 0.252 e. The van der Waals surface area contributed by atoms with Crippen molar-refractivity contribution in [2.24, 2.45) is 5.92 Å². The lowest BCUT2D eigenvalue weighted by Gasteiger charge is -2.19. The number of aromatic amines is 1. The van der Waals surface area contributed by atoms with Crippen molar-refractivity contribution >= 4 is 38.8 Å². The third-order valence-electron chi connectivity index (χ3n) is 4.31. The van der Waals surface area contributed by atoms with Crippen LogP contribution >= 0.6 is 15.9 Å². The number of hydrogen-bond donors (Lipinski definition) is 3. The Hall–Kier alpha value is -2.67. The lowest BCUT2D eigenvalue weighted by Crippen LogP contribution is -2.39. The normalized spacial score (nSPS) is 12.1. The van der Waals surface area contributed by atoms with Crippen molar-refractivity contribution in [1.82, 2.24) is 20.6 Å². The topological polar surface area (TPSA) is 86.9 Å². The number of H-pyrrole nitrogens is 1. The lowest BCUT2D eigenvalue weighted by molar-refractivity contribution is -0.121. The van der Waals surface area contributed by atoms with E-state index in [2.05, 4.69) is 50.4 Å². The van der Waals surface area contributed by atoms with Crippen LogP contribution in [0.3, 0.4) is 0 Å². The summed E-state index contributed by atoms with van der Waals surface area (Å²) < 4.78 is 0.688. The number of carbonyl (C=O) groups is 2. The van der Waals surface area contributed by atoms with E-state index in [1.807, 2.05) is 30.3 Å². The van der Waals surface area contributed by atoms with E-state index in [0.717, 1.165) is 23.3 Å². The monoisotopic (exact) mass is 442 g/mol. The van der Waals surface area contributed by atoms with E-state index in [1.54, 1.807) is 18.2 Å². The van der Waals surface area contributed by atoms with Gasteiger partial charge in [0, 0.05) is 4.47 Å². The molecule has 7 heteroatoms. The predicted molar refractivity (Wildman–Crippen MR) is 113 cm³/mol. The van der Waals surface area contributed by atoms with E-state index in [1.165, 1.54) is 0 Å². The van der Waals surface area contributed by atoms with Crippen molar-refractivity contribution in [2.45, 2.75) is 26.3 Å². The van der Waals surface area contributed by atoms with E-state index < -0.39 is 0 Å². The first kappa shape index (κ1) is 20.1. The van der Waals surface area contributed by atoms with E-state index in [9.17, 15) is 9.59 Å². The molecule has 3 aromatic rings. The molecule has 28 heavy (non-hydrogen) atoms. The first-order valence-corrected chi connectivity index (χ1v) is 10.00. The zero-order chi connectivity index (χ0) is 20.1. The summed E-state index contributed by atoms with van der Waals surface area (Å²) in [6, 6.07) is 14.6. The van der Waals surface area contributed by atoms with Gasteiger partial charge in [-0.3, -0.25) is 9.59 Å². The number of fused-ring (bicyclic) bond motifs is 1. The van der Waals surface area contributed by atoms with Crippen LogP contribution in [-0.2, 0) is 4.79 Å². The molecule has 2 amide bonds. The molecule has 0 fully saturated rings. The van der Waals surface area contributed by atoms with Gasteiger partial charge in [-0.05, 0) is 52.5 Å². The Labute approximate surface area is 172 Å². The molecule has 6 nitrogen and oxygen atoms in total. The van der Waals surface area contributed by atoms with E-state index >= 15 is 0 Å². The van der Waals surface area contributed by atoms with Crippen molar-refractivity contribution in [3.8, 4) is 0 Å². The van der Waals surface area contributed by atoms with Crippen LogP contribution < -0.4 is 10.6 Å². The number of carbonyl (C=O) groups excluding carboxylic acids is 2. The predicted octanol–water partition coefficient (Wildman–Crippen LogP) is 3.96. The van der Waals surface area contributed by atoms with Gasteiger partial charge in [0.1, 0.15) is 5.82 Å². The molecule has 3 N–H and O–H groups in total. The number of nitrogens with zero attached hydrogens (tertiary/aromatic N) is 1. The SMILES string of the molecule is CC(C)CC(NC(=O)CNC(=O)c1ccccc1Br)c1nc2ccccc2[nH]1. The van der Waals surface area contributed by atoms with Crippen LogP contribution in [0.25, 0.3) is 11.0 Å². The van der Waals surface area contributed by atoms with Crippen LogP contribution in [0.4, 0.5) is 0 Å². The third kappa shape index (κ3) is 4.98. The minimum Gasteiger partial charge on any atom is -0.345 e. The molecule has 0 aliphatic carbocycles. The summed E-state index contributed by atoms with van der Waals surface area (Å²) in [5.41, 5.74) is 2.29. The fourth-order valence-corrected chi connectivity index (χ4v) is 3.46. The summed E-state index contributed by atoms with van der Waals surface area (Å²) in [5, 5.41) is 5.65. The highest BCUT2D eigenvalue weighted by molar-refractivity contribution is 9.10. The summed E-state index contributed by atoms with van der Waals surface area (Å²) >= 11 is 3.34. The third-order valence-corrected chi connectivity index (χ3v) is 5.00. The van der Waals surface area contributed by atoms with Crippen molar-refractivity contribution in [2.75, 3.05) is 6.54 Å². The zero-order valence-corrected chi connectivity index (χ0v) is 17.4. The highest BCUT2D eigenvalue weighted by Gasteiger charge is 2.20. The molecule has 1 atom stereocenters. The summed E-state index contributed by atoms with van der Waals surface area (Å²) in [5.74, 6) is 0.534. The minimum atomic E-state index is -0.299. The number of amides is 2. The number of halogens is 1. The van der Waals surface area contributed by atoms with E-state index in [0.29, 0.717) is 16.0 Å². The van der Waals surface area contributed by atoms with Gasteiger partial charge in [0.2, 0.25) is 5.91 Å². The molecule has 1 unspecified atom stereocenters. The maximum Gasteiger partial charge on any atom is 0.252 e. The average molecular weight is 443 g/mol. The Morgan fingerprint density at radius 1 is 1.11 bits per heavy atom. The second-order valence-electron chi connectivity index (χ2n) is 7.05. The first-order valence-electron chi connectivity index (χ1n) is 9.20. The molecule has 0 saturated heterocycles. The minimum absolute atomic E-state index is 0.102. The van der Waals surface area contributed by atoms with Gasteiger partial charge in [-0.2, -0.15) is 0 Å². The van der Waals surface area contributed by atoms with Crippen LogP contribution in [-0.4, -0.2) is 28.3 Å². The summed E-state index contributed by atoms with van der Waals surface area (Å²) in [7, 11) is 0. The van der Waals surface area contributed by atoms with Gasteiger partial charge in [0.15, 0.2) is 0 Å². The number of benzene rings is 2. The summed E-state index contributed by atoms with van der Waals surface area (Å²) in [6.45, 7) is 4.09. The molecular weight excluding hydrogens is 420 g/mol. The second-order valence-corrected chi connectivity index (χ2v) is 7.91. The van der Waals surface area contributed by atoms with E-state index in [-0.39, 0.29) is 24.4 Å². The van der Waals surface area contributed by atoms with Crippen LogP contribution in [0, 0.1) is 5.92 Å². The molecule has 0 spiro atoms. The maximum absolute atomic E-state index is 12.5. The molecule has 0 aliphatic heterocycles.